The second-order valence-electron chi connectivity index (χ2n) is 8.48. The van der Waals surface area contributed by atoms with Crippen molar-refractivity contribution in [2.45, 2.75) is 52.4 Å². The lowest BCUT2D eigenvalue weighted by Gasteiger charge is -2.30. The Hall–Kier alpha value is -1.95. The Kier molecular flexibility index (Phi) is 6.15. The summed E-state index contributed by atoms with van der Waals surface area (Å²) in [6.07, 6.45) is 4.73. The standard InChI is InChI=1S/C21H30N4OS/c1-15-8-11-25(12-9-15)19(26)16-5-6-18(23-13-16)22-10-7-17-14-27-20(24-17)21(2,3)4/h5-6,13-15H,7-12H2,1-4H3,(H,22,23). The van der Waals surface area contributed by atoms with Gasteiger partial charge in [-0.1, -0.05) is 27.7 Å². The van der Waals surface area contributed by atoms with Crippen molar-refractivity contribution in [2.24, 2.45) is 5.92 Å². The van der Waals surface area contributed by atoms with Crippen LogP contribution in [0, 0.1) is 5.92 Å². The van der Waals surface area contributed by atoms with Gasteiger partial charge in [0.2, 0.25) is 0 Å². The van der Waals surface area contributed by atoms with Crippen LogP contribution < -0.4 is 5.32 Å². The van der Waals surface area contributed by atoms with E-state index in [1.807, 2.05) is 17.0 Å². The Bertz CT molecular complexity index is 755. The zero-order chi connectivity index (χ0) is 19.4. The van der Waals surface area contributed by atoms with E-state index < -0.39 is 0 Å². The van der Waals surface area contributed by atoms with Crippen molar-refractivity contribution in [3.63, 3.8) is 0 Å². The SMILES string of the molecule is CC1CCN(C(=O)c2ccc(NCCc3csc(C(C)(C)C)n3)nc2)CC1. The largest absolute Gasteiger partial charge is 0.370 e. The molecule has 0 aromatic carbocycles. The number of anilines is 1. The lowest BCUT2D eigenvalue weighted by Crippen LogP contribution is -2.37. The normalized spacial score (nSPS) is 15.8. The van der Waals surface area contributed by atoms with Crippen molar-refractivity contribution < 1.29 is 4.79 Å². The first kappa shape index (κ1) is 19.8. The number of likely N-dealkylation sites (tertiary alicyclic amines) is 1. The van der Waals surface area contributed by atoms with Gasteiger partial charge in [0.05, 0.1) is 16.3 Å². The molecule has 1 aliphatic heterocycles. The van der Waals surface area contributed by atoms with Gasteiger partial charge < -0.3 is 10.2 Å². The van der Waals surface area contributed by atoms with Gasteiger partial charge >= 0.3 is 0 Å². The third-order valence-corrected chi connectivity index (χ3v) is 6.28. The van der Waals surface area contributed by atoms with Gasteiger partial charge in [0, 0.05) is 43.0 Å². The minimum Gasteiger partial charge on any atom is -0.370 e. The number of carbonyl (C=O) groups is 1. The molecule has 1 fully saturated rings. The third-order valence-electron chi connectivity index (χ3n) is 4.96. The smallest absolute Gasteiger partial charge is 0.255 e. The molecule has 146 valence electrons. The second kappa shape index (κ2) is 8.38. The van der Waals surface area contributed by atoms with E-state index in [0.717, 1.165) is 56.3 Å². The summed E-state index contributed by atoms with van der Waals surface area (Å²) in [6, 6.07) is 3.76. The zero-order valence-electron chi connectivity index (χ0n) is 16.8. The van der Waals surface area contributed by atoms with Crippen molar-refractivity contribution in [3.05, 3.63) is 40.0 Å². The molecule has 2 aromatic rings. The molecule has 0 unspecified atom stereocenters. The van der Waals surface area contributed by atoms with Crippen LogP contribution in [0.15, 0.2) is 23.7 Å². The number of nitrogens with one attached hydrogen (secondary N) is 1. The molecule has 1 saturated heterocycles. The lowest BCUT2D eigenvalue weighted by atomic mass is 9.98. The first-order chi connectivity index (χ1) is 12.8. The van der Waals surface area contributed by atoms with E-state index in [4.69, 9.17) is 4.98 Å². The monoisotopic (exact) mass is 386 g/mol. The number of carbonyl (C=O) groups excluding carboxylic acids is 1. The van der Waals surface area contributed by atoms with Gasteiger partial charge in [-0.05, 0) is 30.9 Å². The zero-order valence-corrected chi connectivity index (χ0v) is 17.6. The summed E-state index contributed by atoms with van der Waals surface area (Å²) in [5.74, 6) is 1.61. The number of hydrogen-bond donors (Lipinski definition) is 1. The molecule has 3 heterocycles. The van der Waals surface area contributed by atoms with Gasteiger partial charge in [0.15, 0.2) is 0 Å². The van der Waals surface area contributed by atoms with Crippen LogP contribution in [0.2, 0.25) is 0 Å². The fourth-order valence-electron chi connectivity index (χ4n) is 3.10. The molecule has 3 rings (SSSR count). The second-order valence-corrected chi connectivity index (χ2v) is 9.34. The lowest BCUT2D eigenvalue weighted by molar-refractivity contribution is 0.0697. The molecule has 1 aliphatic rings. The van der Waals surface area contributed by atoms with Gasteiger partial charge in [0.1, 0.15) is 5.82 Å². The summed E-state index contributed by atoms with van der Waals surface area (Å²) in [7, 11) is 0. The number of hydrogen-bond acceptors (Lipinski definition) is 5. The van der Waals surface area contributed by atoms with Gasteiger partial charge in [-0.2, -0.15) is 0 Å². The quantitative estimate of drug-likeness (QED) is 0.829. The van der Waals surface area contributed by atoms with Crippen molar-refractivity contribution in [2.75, 3.05) is 25.0 Å². The van der Waals surface area contributed by atoms with Crippen LogP contribution in [0.5, 0.6) is 0 Å². The minimum atomic E-state index is 0.0955. The summed E-state index contributed by atoms with van der Waals surface area (Å²) < 4.78 is 0. The number of piperidine rings is 1. The number of aromatic nitrogens is 2. The van der Waals surface area contributed by atoms with Gasteiger partial charge in [0.25, 0.3) is 5.91 Å². The van der Waals surface area contributed by atoms with Crippen LogP contribution in [-0.2, 0) is 11.8 Å². The molecule has 0 aliphatic carbocycles. The van der Waals surface area contributed by atoms with Gasteiger partial charge in [-0.3, -0.25) is 4.79 Å². The maximum Gasteiger partial charge on any atom is 0.255 e. The molecular formula is C21H30N4OS. The minimum absolute atomic E-state index is 0.0955. The van der Waals surface area contributed by atoms with E-state index in [-0.39, 0.29) is 11.3 Å². The Morgan fingerprint density at radius 1 is 1.30 bits per heavy atom. The van der Waals surface area contributed by atoms with E-state index in [0.29, 0.717) is 5.56 Å². The molecule has 0 radical (unpaired) electrons. The Morgan fingerprint density at radius 2 is 2.04 bits per heavy atom. The van der Waals surface area contributed by atoms with Crippen LogP contribution >= 0.6 is 11.3 Å². The van der Waals surface area contributed by atoms with Crippen molar-refractivity contribution in [3.8, 4) is 0 Å². The van der Waals surface area contributed by atoms with E-state index in [9.17, 15) is 4.79 Å². The summed E-state index contributed by atoms with van der Waals surface area (Å²) in [4.78, 5) is 23.6. The number of thiazole rings is 1. The number of nitrogens with zero attached hydrogens (tertiary/aromatic N) is 3. The molecular weight excluding hydrogens is 356 g/mol. The Labute approximate surface area is 166 Å². The van der Waals surface area contributed by atoms with E-state index in [1.54, 1.807) is 17.5 Å². The summed E-state index contributed by atoms with van der Waals surface area (Å²) in [6.45, 7) is 11.3. The summed E-state index contributed by atoms with van der Waals surface area (Å²) >= 11 is 1.72. The average Bonchev–Trinajstić information content (AvgIpc) is 3.12. The molecule has 2 aromatic heterocycles. The molecule has 5 nitrogen and oxygen atoms in total. The fourth-order valence-corrected chi connectivity index (χ4v) is 4.05. The fraction of sp³-hybridized carbons (Fsp3) is 0.571. The topological polar surface area (TPSA) is 58.1 Å². The Morgan fingerprint density at radius 3 is 2.63 bits per heavy atom. The molecule has 27 heavy (non-hydrogen) atoms. The van der Waals surface area contributed by atoms with E-state index >= 15 is 0 Å². The molecule has 0 saturated carbocycles. The number of pyridine rings is 1. The average molecular weight is 387 g/mol. The van der Waals surface area contributed by atoms with Crippen LogP contribution in [0.1, 0.15) is 61.6 Å². The van der Waals surface area contributed by atoms with E-state index in [2.05, 4.69) is 43.4 Å². The number of amides is 1. The highest BCUT2D eigenvalue weighted by molar-refractivity contribution is 7.09. The molecule has 0 spiro atoms. The maximum absolute atomic E-state index is 12.6. The maximum atomic E-state index is 12.6. The summed E-state index contributed by atoms with van der Waals surface area (Å²) in [5, 5.41) is 6.63. The highest BCUT2D eigenvalue weighted by Gasteiger charge is 2.21. The summed E-state index contributed by atoms with van der Waals surface area (Å²) in [5.41, 5.74) is 1.89. The first-order valence-corrected chi connectivity index (χ1v) is 10.6. The predicted molar refractivity (Wildman–Crippen MR) is 112 cm³/mol. The molecule has 1 amide bonds. The van der Waals surface area contributed by atoms with Crippen molar-refractivity contribution >= 4 is 23.1 Å². The molecule has 0 bridgehead atoms. The molecule has 0 atom stereocenters. The third kappa shape index (κ3) is 5.28. The van der Waals surface area contributed by atoms with Crippen LogP contribution in [0.25, 0.3) is 0 Å². The van der Waals surface area contributed by atoms with Crippen molar-refractivity contribution in [1.82, 2.24) is 14.9 Å². The number of rotatable bonds is 5. The van der Waals surface area contributed by atoms with E-state index in [1.165, 1.54) is 5.01 Å². The Balaban J connectivity index is 1.49. The van der Waals surface area contributed by atoms with Crippen molar-refractivity contribution in [1.29, 1.82) is 0 Å². The highest BCUT2D eigenvalue weighted by Crippen LogP contribution is 2.25. The van der Waals surface area contributed by atoms with Gasteiger partial charge in [-0.25, -0.2) is 9.97 Å². The van der Waals surface area contributed by atoms with Crippen LogP contribution in [0.4, 0.5) is 5.82 Å². The first-order valence-electron chi connectivity index (χ1n) is 9.77. The van der Waals surface area contributed by atoms with Crippen LogP contribution in [-0.4, -0.2) is 40.4 Å². The molecule has 6 heteroatoms. The van der Waals surface area contributed by atoms with Gasteiger partial charge in [-0.15, -0.1) is 11.3 Å². The van der Waals surface area contributed by atoms with Crippen LogP contribution in [0.3, 0.4) is 0 Å². The highest BCUT2D eigenvalue weighted by atomic mass is 32.1. The predicted octanol–water partition coefficient (Wildman–Crippen LogP) is 4.36. The molecule has 1 N–H and O–H groups in total.